The summed E-state index contributed by atoms with van der Waals surface area (Å²) in [5.41, 5.74) is 1.00. The fourth-order valence-corrected chi connectivity index (χ4v) is 4.94. The van der Waals surface area contributed by atoms with E-state index in [1.807, 2.05) is 51.1 Å². The van der Waals surface area contributed by atoms with Crippen LogP contribution in [0.5, 0.6) is 0 Å². The second-order valence-corrected chi connectivity index (χ2v) is 10.9. The first-order valence-corrected chi connectivity index (χ1v) is 14.3. The van der Waals surface area contributed by atoms with Gasteiger partial charge in [-0.05, 0) is 50.3 Å². The summed E-state index contributed by atoms with van der Waals surface area (Å²) >= 11 is 0. The van der Waals surface area contributed by atoms with Crippen molar-refractivity contribution in [2.45, 2.75) is 65.0 Å². The van der Waals surface area contributed by atoms with Crippen LogP contribution in [0, 0.1) is 5.82 Å². The van der Waals surface area contributed by atoms with Crippen molar-refractivity contribution in [3.8, 4) is 0 Å². The van der Waals surface area contributed by atoms with Gasteiger partial charge in [-0.1, -0.05) is 56.3 Å². The molecule has 0 aliphatic carbocycles. The largest absolute Gasteiger partial charge is 0.352 e. The molecule has 2 rings (SSSR count). The van der Waals surface area contributed by atoms with Crippen molar-refractivity contribution >= 4 is 27.5 Å². The number of para-hydroxylation sites is 1. The number of halogens is 1. The minimum atomic E-state index is -3.75. The van der Waals surface area contributed by atoms with E-state index in [0.717, 1.165) is 22.5 Å². The Hall–Kier alpha value is -2.94. The molecular formula is C27H38FN3O4S. The maximum Gasteiger partial charge on any atom is 0.243 e. The maximum absolute atomic E-state index is 14.3. The molecule has 2 atom stereocenters. The number of amides is 2. The van der Waals surface area contributed by atoms with Crippen molar-refractivity contribution in [2.75, 3.05) is 23.7 Å². The molecule has 2 amide bonds. The van der Waals surface area contributed by atoms with Crippen LogP contribution in [0.25, 0.3) is 0 Å². The summed E-state index contributed by atoms with van der Waals surface area (Å²) in [5.74, 6) is -1.08. The third-order valence-electron chi connectivity index (χ3n) is 6.14. The molecule has 0 saturated heterocycles. The summed E-state index contributed by atoms with van der Waals surface area (Å²) in [6.07, 6.45) is 3.04. The van der Waals surface area contributed by atoms with Crippen molar-refractivity contribution in [2.24, 2.45) is 0 Å². The first-order valence-electron chi connectivity index (χ1n) is 12.4. The number of carbonyl (C=O) groups is 2. The van der Waals surface area contributed by atoms with Crippen LogP contribution >= 0.6 is 0 Å². The summed E-state index contributed by atoms with van der Waals surface area (Å²) in [5, 5.41) is 2.97. The number of carbonyl (C=O) groups excluding carboxylic acids is 2. The predicted octanol–water partition coefficient (Wildman–Crippen LogP) is 4.14. The topological polar surface area (TPSA) is 86.8 Å². The lowest BCUT2D eigenvalue weighted by Gasteiger charge is -2.32. The van der Waals surface area contributed by atoms with Gasteiger partial charge in [-0.15, -0.1) is 0 Å². The van der Waals surface area contributed by atoms with Gasteiger partial charge in [0.25, 0.3) is 0 Å². The molecular weight excluding hydrogens is 481 g/mol. The second-order valence-electron chi connectivity index (χ2n) is 8.95. The Morgan fingerprint density at radius 3 is 2.19 bits per heavy atom. The molecule has 0 aliphatic heterocycles. The third-order valence-corrected chi connectivity index (χ3v) is 7.32. The number of rotatable bonds is 14. The Bertz CT molecular complexity index is 1100. The van der Waals surface area contributed by atoms with Crippen LogP contribution in [0.2, 0.25) is 0 Å². The van der Waals surface area contributed by atoms with Crippen LogP contribution in [0.4, 0.5) is 10.1 Å². The molecule has 2 aromatic carbocycles. The lowest BCUT2D eigenvalue weighted by Crippen LogP contribution is -2.51. The molecule has 0 unspecified atom stereocenters. The summed E-state index contributed by atoms with van der Waals surface area (Å²) < 4.78 is 40.0. The Kier molecular flexibility index (Phi) is 11.4. The van der Waals surface area contributed by atoms with Gasteiger partial charge in [0.2, 0.25) is 21.8 Å². The lowest BCUT2D eigenvalue weighted by molar-refractivity contribution is -0.141. The van der Waals surface area contributed by atoms with E-state index in [-0.39, 0.29) is 42.9 Å². The standard InChI is InChI=1S/C27H38FN3O4S/c1-5-21(3)29-27(33)24(6-2)30(20-18-22-13-8-7-9-14-22)26(32)17-12-19-31(36(4,34)35)25-16-11-10-15-23(25)28/h7-11,13-16,21,24H,5-6,12,17-20H2,1-4H3,(H,29,33)/t21-,24+/m0/s1. The summed E-state index contributed by atoms with van der Waals surface area (Å²) in [6.45, 7) is 6.08. The number of nitrogens with zero attached hydrogens (tertiary/aromatic N) is 2. The van der Waals surface area contributed by atoms with E-state index in [1.54, 1.807) is 11.0 Å². The highest BCUT2D eigenvalue weighted by atomic mass is 32.2. The van der Waals surface area contributed by atoms with Crippen molar-refractivity contribution in [3.05, 3.63) is 66.0 Å². The highest BCUT2D eigenvalue weighted by Crippen LogP contribution is 2.22. The normalized spacial score (nSPS) is 13.0. The summed E-state index contributed by atoms with van der Waals surface area (Å²) in [4.78, 5) is 28.0. The smallest absolute Gasteiger partial charge is 0.243 e. The van der Waals surface area contributed by atoms with E-state index in [1.165, 1.54) is 18.2 Å². The second kappa shape index (κ2) is 14.0. The molecule has 7 nitrogen and oxygen atoms in total. The molecule has 9 heteroatoms. The maximum atomic E-state index is 14.3. The highest BCUT2D eigenvalue weighted by molar-refractivity contribution is 7.92. The van der Waals surface area contributed by atoms with E-state index < -0.39 is 21.9 Å². The third kappa shape index (κ3) is 8.62. The molecule has 1 N–H and O–H groups in total. The van der Waals surface area contributed by atoms with Crippen molar-refractivity contribution < 1.29 is 22.4 Å². The Labute approximate surface area is 214 Å². The quantitative estimate of drug-likeness (QED) is 0.407. The molecule has 2 aromatic rings. The van der Waals surface area contributed by atoms with Crippen LogP contribution < -0.4 is 9.62 Å². The SMILES string of the molecule is CC[C@H](C(=O)N[C@@H](C)CC)N(CCc1ccccc1)C(=O)CCCN(c1ccccc1F)S(C)(=O)=O. The van der Waals surface area contributed by atoms with Gasteiger partial charge in [-0.2, -0.15) is 0 Å². The molecule has 0 saturated carbocycles. The molecule has 198 valence electrons. The van der Waals surface area contributed by atoms with Gasteiger partial charge in [-0.25, -0.2) is 12.8 Å². The number of nitrogens with one attached hydrogen (secondary N) is 1. The fourth-order valence-electron chi connectivity index (χ4n) is 3.97. The van der Waals surface area contributed by atoms with Crippen LogP contribution in [0.15, 0.2) is 54.6 Å². The van der Waals surface area contributed by atoms with Gasteiger partial charge in [0, 0.05) is 25.6 Å². The summed E-state index contributed by atoms with van der Waals surface area (Å²) in [7, 11) is -3.75. The molecule has 0 aliphatic rings. The lowest BCUT2D eigenvalue weighted by atomic mass is 10.1. The van der Waals surface area contributed by atoms with Gasteiger partial charge in [0.15, 0.2) is 0 Å². The van der Waals surface area contributed by atoms with Gasteiger partial charge >= 0.3 is 0 Å². The molecule has 36 heavy (non-hydrogen) atoms. The van der Waals surface area contributed by atoms with Crippen molar-refractivity contribution in [1.82, 2.24) is 10.2 Å². The van der Waals surface area contributed by atoms with Gasteiger partial charge in [-0.3, -0.25) is 13.9 Å². The highest BCUT2D eigenvalue weighted by Gasteiger charge is 2.29. The van der Waals surface area contributed by atoms with E-state index >= 15 is 0 Å². The van der Waals surface area contributed by atoms with E-state index in [2.05, 4.69) is 5.32 Å². The number of hydrogen-bond acceptors (Lipinski definition) is 4. The van der Waals surface area contributed by atoms with Crippen LogP contribution in [-0.2, 0) is 26.0 Å². The Morgan fingerprint density at radius 1 is 0.972 bits per heavy atom. The number of hydrogen-bond donors (Lipinski definition) is 1. The van der Waals surface area contributed by atoms with Gasteiger partial charge in [0.1, 0.15) is 11.9 Å². The molecule has 0 bridgehead atoms. The molecule has 0 spiro atoms. The van der Waals surface area contributed by atoms with Crippen LogP contribution in [0.3, 0.4) is 0 Å². The number of anilines is 1. The Morgan fingerprint density at radius 2 is 1.61 bits per heavy atom. The predicted molar refractivity (Wildman–Crippen MR) is 142 cm³/mol. The van der Waals surface area contributed by atoms with E-state index in [9.17, 15) is 22.4 Å². The van der Waals surface area contributed by atoms with E-state index in [4.69, 9.17) is 0 Å². The first kappa shape index (κ1) is 29.3. The molecule has 0 heterocycles. The minimum Gasteiger partial charge on any atom is -0.352 e. The summed E-state index contributed by atoms with van der Waals surface area (Å²) in [6, 6.07) is 14.7. The number of sulfonamides is 1. The average Bonchev–Trinajstić information content (AvgIpc) is 2.84. The van der Waals surface area contributed by atoms with Crippen molar-refractivity contribution in [1.29, 1.82) is 0 Å². The monoisotopic (exact) mass is 519 g/mol. The van der Waals surface area contributed by atoms with Crippen LogP contribution in [0.1, 0.15) is 52.0 Å². The van der Waals surface area contributed by atoms with Gasteiger partial charge < -0.3 is 10.2 Å². The zero-order valence-corrected chi connectivity index (χ0v) is 22.4. The Balaban J connectivity index is 2.17. The average molecular weight is 520 g/mol. The fraction of sp³-hybridized carbons (Fsp3) is 0.481. The minimum absolute atomic E-state index is 0.0123. The zero-order valence-electron chi connectivity index (χ0n) is 21.6. The van der Waals surface area contributed by atoms with Gasteiger partial charge in [0.05, 0.1) is 11.9 Å². The molecule has 0 aromatic heterocycles. The van der Waals surface area contributed by atoms with Crippen molar-refractivity contribution in [3.63, 3.8) is 0 Å². The van der Waals surface area contributed by atoms with E-state index in [0.29, 0.717) is 19.4 Å². The number of benzene rings is 2. The molecule has 0 fully saturated rings. The first-order chi connectivity index (χ1) is 17.1. The molecule has 0 radical (unpaired) electrons. The van der Waals surface area contributed by atoms with Crippen LogP contribution in [-0.4, -0.2) is 56.6 Å². The zero-order chi connectivity index (χ0) is 26.7.